The second kappa shape index (κ2) is 7.95. The van der Waals surface area contributed by atoms with Crippen LogP contribution in [0.1, 0.15) is 49.7 Å². The molecule has 1 aliphatic heterocycles. The first-order chi connectivity index (χ1) is 12.1. The van der Waals surface area contributed by atoms with Gasteiger partial charge in [-0.1, -0.05) is 0 Å². The maximum absolute atomic E-state index is 9.25. The molecule has 25 heavy (non-hydrogen) atoms. The molecule has 7 heteroatoms. The molecule has 2 atom stereocenters. The van der Waals surface area contributed by atoms with E-state index in [4.69, 9.17) is 5.26 Å². The Hall–Kier alpha value is -1.96. The zero-order valence-corrected chi connectivity index (χ0v) is 15.2. The number of aromatic nitrogens is 3. The van der Waals surface area contributed by atoms with Gasteiger partial charge >= 0.3 is 0 Å². The standard InChI is InChI=1S/C18H27N7/c1-23(13-17-21-22-18(24(17)2)15-5-6-15)16-7-9-25(12-16)11-14(10-20)4-3-8-19/h14-16H,3-7,9,11-13H2,1-2H3/t14-,16+/m1/s1. The Kier molecular flexibility index (Phi) is 5.67. The lowest BCUT2D eigenvalue weighted by Crippen LogP contribution is -2.36. The van der Waals surface area contributed by atoms with E-state index in [9.17, 15) is 5.26 Å². The molecule has 1 saturated carbocycles. The Labute approximate surface area is 149 Å². The molecule has 0 aromatic carbocycles. The van der Waals surface area contributed by atoms with Crippen molar-refractivity contribution >= 4 is 0 Å². The van der Waals surface area contributed by atoms with E-state index in [1.54, 1.807) is 0 Å². The average molecular weight is 341 g/mol. The lowest BCUT2D eigenvalue weighted by atomic mass is 10.1. The molecule has 7 nitrogen and oxygen atoms in total. The van der Waals surface area contributed by atoms with Crippen LogP contribution in [0.2, 0.25) is 0 Å². The van der Waals surface area contributed by atoms with E-state index >= 15 is 0 Å². The minimum absolute atomic E-state index is 0.0384. The number of hydrogen-bond donors (Lipinski definition) is 0. The molecule has 0 N–H and O–H groups in total. The highest BCUT2D eigenvalue weighted by molar-refractivity contribution is 5.08. The quantitative estimate of drug-likeness (QED) is 0.715. The molecule has 0 spiro atoms. The van der Waals surface area contributed by atoms with Gasteiger partial charge in [-0.05, 0) is 39.3 Å². The first kappa shape index (κ1) is 17.8. The van der Waals surface area contributed by atoms with E-state index in [2.05, 4.69) is 50.8 Å². The summed E-state index contributed by atoms with van der Waals surface area (Å²) in [5.41, 5.74) is 0. The molecular formula is C18H27N7. The maximum atomic E-state index is 9.25. The number of nitrogens with zero attached hydrogens (tertiary/aromatic N) is 7. The van der Waals surface area contributed by atoms with Gasteiger partial charge in [-0.25, -0.2) is 0 Å². The van der Waals surface area contributed by atoms with Crippen LogP contribution in [0.25, 0.3) is 0 Å². The fourth-order valence-electron chi connectivity index (χ4n) is 3.65. The van der Waals surface area contributed by atoms with Crippen molar-refractivity contribution in [2.75, 3.05) is 26.7 Å². The van der Waals surface area contributed by atoms with Crippen LogP contribution in [0.4, 0.5) is 0 Å². The van der Waals surface area contributed by atoms with Crippen LogP contribution < -0.4 is 0 Å². The van der Waals surface area contributed by atoms with E-state index in [-0.39, 0.29) is 5.92 Å². The Morgan fingerprint density at radius 2 is 2.08 bits per heavy atom. The molecule has 2 heterocycles. The molecule has 0 amide bonds. The lowest BCUT2D eigenvalue weighted by molar-refractivity contribution is 0.212. The predicted molar refractivity (Wildman–Crippen MR) is 93.2 cm³/mol. The smallest absolute Gasteiger partial charge is 0.146 e. The van der Waals surface area contributed by atoms with Crippen molar-refractivity contribution in [3.8, 4) is 12.1 Å². The van der Waals surface area contributed by atoms with Gasteiger partial charge in [0.15, 0.2) is 0 Å². The summed E-state index contributed by atoms with van der Waals surface area (Å²) in [6.07, 6.45) is 4.73. The van der Waals surface area contributed by atoms with Crippen molar-refractivity contribution in [1.82, 2.24) is 24.6 Å². The number of nitriles is 2. The Balaban J connectivity index is 1.50. The van der Waals surface area contributed by atoms with Crippen LogP contribution in [0.5, 0.6) is 0 Å². The molecule has 2 aliphatic rings. The van der Waals surface area contributed by atoms with Crippen LogP contribution in [-0.2, 0) is 13.6 Å². The third kappa shape index (κ3) is 4.36. The summed E-state index contributed by atoms with van der Waals surface area (Å²) >= 11 is 0. The van der Waals surface area contributed by atoms with Crippen molar-refractivity contribution in [3.05, 3.63) is 11.6 Å². The van der Waals surface area contributed by atoms with E-state index in [0.29, 0.717) is 24.8 Å². The first-order valence-electron chi connectivity index (χ1n) is 9.19. The zero-order valence-electron chi connectivity index (χ0n) is 15.2. The van der Waals surface area contributed by atoms with Gasteiger partial charge in [0.1, 0.15) is 11.6 Å². The monoisotopic (exact) mass is 341 g/mol. The molecule has 1 aliphatic carbocycles. The van der Waals surface area contributed by atoms with Gasteiger partial charge in [0.25, 0.3) is 0 Å². The van der Waals surface area contributed by atoms with Crippen LogP contribution in [0, 0.1) is 28.6 Å². The van der Waals surface area contributed by atoms with Crippen LogP contribution in [0.15, 0.2) is 0 Å². The highest BCUT2D eigenvalue weighted by Crippen LogP contribution is 2.38. The molecule has 134 valence electrons. The summed E-state index contributed by atoms with van der Waals surface area (Å²) in [6, 6.07) is 4.97. The fraction of sp³-hybridized carbons (Fsp3) is 0.778. The molecule has 1 aromatic rings. The summed E-state index contributed by atoms with van der Waals surface area (Å²) in [5, 5.41) is 26.7. The van der Waals surface area contributed by atoms with Crippen LogP contribution >= 0.6 is 0 Å². The maximum Gasteiger partial charge on any atom is 0.146 e. The van der Waals surface area contributed by atoms with Gasteiger partial charge in [-0.2, -0.15) is 10.5 Å². The molecular weight excluding hydrogens is 314 g/mol. The lowest BCUT2D eigenvalue weighted by Gasteiger charge is -2.25. The Bertz CT molecular complexity index is 664. The van der Waals surface area contributed by atoms with Gasteiger partial charge in [0.05, 0.1) is 24.6 Å². The number of likely N-dealkylation sites (N-methyl/N-ethyl adjacent to an activating group) is 1. The van der Waals surface area contributed by atoms with E-state index in [1.165, 1.54) is 12.8 Å². The minimum atomic E-state index is -0.0384. The average Bonchev–Trinajstić information content (AvgIpc) is 3.24. The summed E-state index contributed by atoms with van der Waals surface area (Å²) < 4.78 is 2.16. The molecule has 0 radical (unpaired) electrons. The third-order valence-corrected chi connectivity index (χ3v) is 5.47. The molecule has 1 aromatic heterocycles. The summed E-state index contributed by atoms with van der Waals surface area (Å²) in [4.78, 5) is 4.72. The van der Waals surface area contributed by atoms with E-state index < -0.39 is 0 Å². The van der Waals surface area contributed by atoms with Gasteiger partial charge in [0, 0.05) is 38.5 Å². The molecule has 0 bridgehead atoms. The highest BCUT2D eigenvalue weighted by atomic mass is 15.3. The first-order valence-corrected chi connectivity index (χ1v) is 9.19. The normalized spacial score (nSPS) is 22.0. The Morgan fingerprint density at radius 3 is 2.76 bits per heavy atom. The molecule has 2 fully saturated rings. The summed E-state index contributed by atoms with van der Waals surface area (Å²) in [7, 11) is 4.22. The van der Waals surface area contributed by atoms with Crippen LogP contribution in [0.3, 0.4) is 0 Å². The minimum Gasteiger partial charge on any atom is -0.317 e. The second-order valence-electron chi connectivity index (χ2n) is 7.45. The highest BCUT2D eigenvalue weighted by Gasteiger charge is 2.31. The van der Waals surface area contributed by atoms with Gasteiger partial charge < -0.3 is 9.47 Å². The molecule has 0 unspecified atom stereocenters. The number of rotatable bonds is 8. The summed E-state index contributed by atoms with van der Waals surface area (Å²) in [6.45, 7) is 3.59. The van der Waals surface area contributed by atoms with Crippen molar-refractivity contribution in [1.29, 1.82) is 10.5 Å². The molecule has 1 saturated heterocycles. The Morgan fingerprint density at radius 1 is 1.28 bits per heavy atom. The van der Waals surface area contributed by atoms with Gasteiger partial charge in [0.2, 0.25) is 0 Å². The number of likely N-dealkylation sites (tertiary alicyclic amines) is 1. The van der Waals surface area contributed by atoms with E-state index in [1.807, 2.05) is 0 Å². The van der Waals surface area contributed by atoms with Crippen LogP contribution in [-0.4, -0.2) is 57.3 Å². The second-order valence-corrected chi connectivity index (χ2v) is 7.45. The van der Waals surface area contributed by atoms with Gasteiger partial charge in [-0.3, -0.25) is 4.90 Å². The SMILES string of the molecule is CN(Cc1nnc(C2CC2)n1C)[C@H]1CCN(C[C@@H](C#N)CCC#N)C1. The van der Waals surface area contributed by atoms with E-state index in [0.717, 1.165) is 44.2 Å². The van der Waals surface area contributed by atoms with Crippen molar-refractivity contribution < 1.29 is 0 Å². The third-order valence-electron chi connectivity index (χ3n) is 5.47. The zero-order chi connectivity index (χ0) is 17.8. The van der Waals surface area contributed by atoms with Gasteiger partial charge in [-0.15, -0.1) is 10.2 Å². The predicted octanol–water partition coefficient (Wildman–Crippen LogP) is 1.64. The van der Waals surface area contributed by atoms with Crippen molar-refractivity contribution in [2.24, 2.45) is 13.0 Å². The largest absolute Gasteiger partial charge is 0.317 e. The topological polar surface area (TPSA) is 84.8 Å². The van der Waals surface area contributed by atoms with Crippen molar-refractivity contribution in [3.63, 3.8) is 0 Å². The number of hydrogen-bond acceptors (Lipinski definition) is 6. The summed E-state index contributed by atoms with van der Waals surface area (Å²) in [5.74, 6) is 2.75. The van der Waals surface area contributed by atoms with Crippen molar-refractivity contribution in [2.45, 2.75) is 50.6 Å². The molecule has 3 rings (SSSR count). The fourth-order valence-corrected chi connectivity index (χ4v) is 3.65.